The number of benzene rings is 1. The first-order valence-corrected chi connectivity index (χ1v) is 8.47. The van der Waals surface area contributed by atoms with Gasteiger partial charge in [0.1, 0.15) is 0 Å². The monoisotopic (exact) mass is 288 g/mol. The van der Waals surface area contributed by atoms with Crippen molar-refractivity contribution in [2.75, 3.05) is 50.8 Å². The van der Waals surface area contributed by atoms with Gasteiger partial charge in [-0.05, 0) is 56.3 Å². The van der Waals surface area contributed by atoms with Crippen LogP contribution in [0.2, 0.25) is 0 Å². The number of nitrogens with zero attached hydrogens (tertiary/aromatic N) is 2. The summed E-state index contributed by atoms with van der Waals surface area (Å²) in [6, 6.07) is 7.07. The van der Waals surface area contributed by atoms with Crippen LogP contribution in [0.5, 0.6) is 0 Å². The Balaban J connectivity index is 1.50. The zero-order chi connectivity index (χ0) is 14.5. The van der Waals surface area contributed by atoms with E-state index in [1.54, 1.807) is 0 Å². The summed E-state index contributed by atoms with van der Waals surface area (Å²) in [4.78, 5) is 5.06. The van der Waals surface area contributed by atoms with Gasteiger partial charge in [-0.1, -0.05) is 12.1 Å². The summed E-state index contributed by atoms with van der Waals surface area (Å²) in [7, 11) is 0. The van der Waals surface area contributed by atoms with Gasteiger partial charge in [-0.3, -0.25) is 4.90 Å². The molecule has 116 valence electrons. The van der Waals surface area contributed by atoms with Crippen LogP contribution in [0.15, 0.2) is 18.2 Å². The van der Waals surface area contributed by atoms with Gasteiger partial charge in [-0.2, -0.15) is 0 Å². The van der Waals surface area contributed by atoms with Gasteiger partial charge in [0, 0.05) is 31.9 Å². The van der Waals surface area contributed by atoms with E-state index in [1.165, 1.54) is 62.1 Å². The van der Waals surface area contributed by atoms with Crippen molar-refractivity contribution in [3.8, 4) is 0 Å². The largest absolute Gasteiger partial charge is 0.379 e. The number of hydrogen-bond donors (Lipinski definition) is 0. The lowest BCUT2D eigenvalue weighted by Gasteiger charge is -2.26. The van der Waals surface area contributed by atoms with Crippen LogP contribution in [0, 0.1) is 6.92 Å². The molecule has 3 rings (SSSR count). The number of morpholine rings is 1. The second-order valence-corrected chi connectivity index (χ2v) is 6.37. The fourth-order valence-corrected chi connectivity index (χ4v) is 3.52. The van der Waals surface area contributed by atoms with Crippen molar-refractivity contribution in [1.82, 2.24) is 4.90 Å². The number of ether oxygens (including phenoxy) is 1. The Bertz CT molecular complexity index is 449. The van der Waals surface area contributed by atoms with E-state index in [0.29, 0.717) is 0 Å². The standard InChI is InChI=1S/C18H28N2O/c1-16-15-17(5-4-8-19-11-13-21-14-12-19)6-7-18(16)20-9-2-3-10-20/h6-7,15H,2-5,8-14H2,1H3. The van der Waals surface area contributed by atoms with Crippen LogP contribution in [0.25, 0.3) is 0 Å². The summed E-state index contributed by atoms with van der Waals surface area (Å²) in [5.41, 5.74) is 4.38. The number of anilines is 1. The van der Waals surface area contributed by atoms with E-state index in [0.717, 1.165) is 26.3 Å². The van der Waals surface area contributed by atoms with Crippen molar-refractivity contribution in [2.45, 2.75) is 32.6 Å². The molecule has 1 aromatic carbocycles. The van der Waals surface area contributed by atoms with E-state index in [2.05, 4.69) is 34.9 Å². The highest BCUT2D eigenvalue weighted by Crippen LogP contribution is 2.25. The van der Waals surface area contributed by atoms with Gasteiger partial charge in [-0.15, -0.1) is 0 Å². The minimum Gasteiger partial charge on any atom is -0.379 e. The average Bonchev–Trinajstić information content (AvgIpc) is 3.02. The quantitative estimate of drug-likeness (QED) is 0.828. The predicted molar refractivity (Wildman–Crippen MR) is 88.2 cm³/mol. The van der Waals surface area contributed by atoms with Crippen LogP contribution in [-0.2, 0) is 11.2 Å². The molecule has 0 amide bonds. The average molecular weight is 288 g/mol. The zero-order valence-electron chi connectivity index (χ0n) is 13.3. The Hall–Kier alpha value is -1.06. The molecule has 2 saturated heterocycles. The molecule has 3 nitrogen and oxygen atoms in total. The van der Waals surface area contributed by atoms with E-state index >= 15 is 0 Å². The molecule has 2 heterocycles. The van der Waals surface area contributed by atoms with Crippen LogP contribution in [0.3, 0.4) is 0 Å². The lowest BCUT2D eigenvalue weighted by atomic mass is 10.0. The molecular weight excluding hydrogens is 260 g/mol. The van der Waals surface area contributed by atoms with Gasteiger partial charge in [0.15, 0.2) is 0 Å². The molecule has 0 N–H and O–H groups in total. The SMILES string of the molecule is Cc1cc(CCCN2CCOCC2)ccc1N1CCCC1. The number of hydrogen-bond acceptors (Lipinski definition) is 3. The number of rotatable bonds is 5. The maximum Gasteiger partial charge on any atom is 0.0594 e. The van der Waals surface area contributed by atoms with Gasteiger partial charge in [0.2, 0.25) is 0 Å². The summed E-state index contributed by atoms with van der Waals surface area (Å²) >= 11 is 0. The van der Waals surface area contributed by atoms with Crippen molar-refractivity contribution in [2.24, 2.45) is 0 Å². The van der Waals surface area contributed by atoms with E-state index in [4.69, 9.17) is 4.74 Å². The number of aryl methyl sites for hydroxylation is 2. The van der Waals surface area contributed by atoms with Gasteiger partial charge >= 0.3 is 0 Å². The molecule has 21 heavy (non-hydrogen) atoms. The lowest BCUT2D eigenvalue weighted by Crippen LogP contribution is -2.36. The molecule has 0 radical (unpaired) electrons. The van der Waals surface area contributed by atoms with Gasteiger partial charge in [-0.25, -0.2) is 0 Å². The molecule has 0 saturated carbocycles. The Morgan fingerprint density at radius 2 is 1.81 bits per heavy atom. The maximum absolute atomic E-state index is 5.40. The highest BCUT2D eigenvalue weighted by Gasteiger charge is 2.14. The molecule has 3 heteroatoms. The minimum atomic E-state index is 0.906. The molecule has 2 aliphatic heterocycles. The molecule has 0 spiro atoms. The molecule has 1 aromatic rings. The smallest absolute Gasteiger partial charge is 0.0594 e. The van der Waals surface area contributed by atoms with Crippen molar-refractivity contribution < 1.29 is 4.74 Å². The maximum atomic E-state index is 5.40. The summed E-state index contributed by atoms with van der Waals surface area (Å²) in [5.74, 6) is 0. The van der Waals surface area contributed by atoms with Crippen LogP contribution in [0.4, 0.5) is 5.69 Å². The molecule has 2 fully saturated rings. The normalized spacial score (nSPS) is 20.1. The third kappa shape index (κ3) is 3.98. The molecule has 0 atom stereocenters. The van der Waals surface area contributed by atoms with Crippen LogP contribution in [-0.4, -0.2) is 50.8 Å². The fraction of sp³-hybridized carbons (Fsp3) is 0.667. The second-order valence-electron chi connectivity index (χ2n) is 6.37. The van der Waals surface area contributed by atoms with E-state index in [-0.39, 0.29) is 0 Å². The third-order valence-electron chi connectivity index (χ3n) is 4.75. The van der Waals surface area contributed by atoms with E-state index < -0.39 is 0 Å². The van der Waals surface area contributed by atoms with E-state index in [9.17, 15) is 0 Å². The molecule has 0 bridgehead atoms. The van der Waals surface area contributed by atoms with Crippen molar-refractivity contribution >= 4 is 5.69 Å². The first-order valence-electron chi connectivity index (χ1n) is 8.47. The Kier molecular flexibility index (Phi) is 5.15. The molecule has 2 aliphatic rings. The topological polar surface area (TPSA) is 15.7 Å². The third-order valence-corrected chi connectivity index (χ3v) is 4.75. The summed E-state index contributed by atoms with van der Waals surface area (Å²) in [6.45, 7) is 9.96. The van der Waals surface area contributed by atoms with Crippen LogP contribution in [0.1, 0.15) is 30.4 Å². The van der Waals surface area contributed by atoms with Gasteiger partial charge in [0.25, 0.3) is 0 Å². The Morgan fingerprint density at radius 3 is 2.52 bits per heavy atom. The fourth-order valence-electron chi connectivity index (χ4n) is 3.52. The van der Waals surface area contributed by atoms with Crippen molar-refractivity contribution in [1.29, 1.82) is 0 Å². The lowest BCUT2D eigenvalue weighted by molar-refractivity contribution is 0.0375. The van der Waals surface area contributed by atoms with Crippen LogP contribution >= 0.6 is 0 Å². The first kappa shape index (κ1) is 14.9. The summed E-state index contributed by atoms with van der Waals surface area (Å²) < 4.78 is 5.40. The van der Waals surface area contributed by atoms with Gasteiger partial charge in [0.05, 0.1) is 13.2 Å². The highest BCUT2D eigenvalue weighted by atomic mass is 16.5. The van der Waals surface area contributed by atoms with Crippen molar-refractivity contribution in [3.63, 3.8) is 0 Å². The Morgan fingerprint density at radius 1 is 1.05 bits per heavy atom. The minimum absolute atomic E-state index is 0.906. The highest BCUT2D eigenvalue weighted by molar-refractivity contribution is 5.55. The summed E-state index contributed by atoms with van der Waals surface area (Å²) in [6.07, 6.45) is 5.14. The molecular formula is C18H28N2O. The first-order chi connectivity index (χ1) is 10.3. The zero-order valence-corrected chi connectivity index (χ0v) is 13.3. The summed E-state index contributed by atoms with van der Waals surface area (Å²) in [5, 5.41) is 0. The molecule has 0 unspecified atom stereocenters. The van der Waals surface area contributed by atoms with E-state index in [1.807, 2.05) is 0 Å². The molecule has 0 aliphatic carbocycles. The van der Waals surface area contributed by atoms with Crippen LogP contribution < -0.4 is 4.90 Å². The second kappa shape index (κ2) is 7.28. The van der Waals surface area contributed by atoms with Gasteiger partial charge < -0.3 is 9.64 Å². The molecule has 0 aromatic heterocycles. The predicted octanol–water partition coefficient (Wildman–Crippen LogP) is 2.86. The van der Waals surface area contributed by atoms with Crippen molar-refractivity contribution in [3.05, 3.63) is 29.3 Å². The Labute approximate surface area is 128 Å².